The second-order valence-electron chi connectivity index (χ2n) is 3.01. The van der Waals surface area contributed by atoms with Gasteiger partial charge in [0.15, 0.2) is 0 Å². The van der Waals surface area contributed by atoms with Crippen molar-refractivity contribution in [3.8, 4) is 0 Å². The van der Waals surface area contributed by atoms with Crippen molar-refractivity contribution in [3.05, 3.63) is 53.7 Å². The Morgan fingerprint density at radius 3 is 2.71 bits per heavy atom. The van der Waals surface area contributed by atoms with E-state index in [1.165, 1.54) is 23.9 Å². The highest BCUT2D eigenvalue weighted by Gasteiger charge is 2.11. The van der Waals surface area contributed by atoms with Gasteiger partial charge >= 0.3 is 5.97 Å². The van der Waals surface area contributed by atoms with E-state index in [4.69, 9.17) is 9.84 Å². The molecule has 1 aromatic rings. The Hall–Kier alpha value is -1.68. The summed E-state index contributed by atoms with van der Waals surface area (Å²) < 4.78 is 4.93. The topological polar surface area (TPSA) is 46.5 Å². The van der Waals surface area contributed by atoms with Gasteiger partial charge in [-0.2, -0.15) is 0 Å². The molecule has 0 amide bonds. The van der Waals surface area contributed by atoms with E-state index in [2.05, 4.69) is 0 Å². The normalized spacial score (nSPS) is 11.7. The molecule has 0 aliphatic carbocycles. The van der Waals surface area contributed by atoms with Crippen molar-refractivity contribution in [1.29, 1.82) is 0 Å². The van der Waals surface area contributed by atoms with Crippen LogP contribution < -0.4 is 0 Å². The molecule has 1 N–H and O–H groups in total. The minimum absolute atomic E-state index is 0.328. The van der Waals surface area contributed by atoms with E-state index in [0.29, 0.717) is 11.5 Å². The average Bonchev–Trinajstić information content (AvgIpc) is 2.36. The molecule has 0 aromatic heterocycles. The van der Waals surface area contributed by atoms with E-state index < -0.39 is 0 Å². The lowest BCUT2D eigenvalue weighted by molar-refractivity contribution is -0.137. The van der Waals surface area contributed by atoms with Gasteiger partial charge in [0.2, 0.25) is 0 Å². The number of carbonyl (C=O) groups excluding carboxylic acids is 1. The number of hydrogen-bond acceptors (Lipinski definition) is 4. The molecule has 0 spiro atoms. The molecule has 90 valence electrons. The van der Waals surface area contributed by atoms with Gasteiger partial charge in [0.05, 0.1) is 17.8 Å². The monoisotopic (exact) mass is 250 g/mol. The van der Waals surface area contributed by atoms with E-state index in [1.54, 1.807) is 6.92 Å². The summed E-state index contributed by atoms with van der Waals surface area (Å²) in [6.07, 6.45) is 3.79. The Balaban J connectivity index is 2.81. The van der Waals surface area contributed by atoms with Gasteiger partial charge in [-0.05, 0) is 31.2 Å². The SMILES string of the molecule is CCOC(=O)/C(=C/C=C/O)Sc1ccccc1. The van der Waals surface area contributed by atoms with Gasteiger partial charge in [0, 0.05) is 4.90 Å². The van der Waals surface area contributed by atoms with Crippen molar-refractivity contribution in [2.75, 3.05) is 6.61 Å². The van der Waals surface area contributed by atoms with Gasteiger partial charge in [-0.3, -0.25) is 0 Å². The van der Waals surface area contributed by atoms with E-state index in [0.717, 1.165) is 11.2 Å². The zero-order valence-electron chi connectivity index (χ0n) is 9.50. The lowest BCUT2D eigenvalue weighted by Gasteiger charge is -2.05. The van der Waals surface area contributed by atoms with Gasteiger partial charge in [0.1, 0.15) is 0 Å². The molecule has 0 saturated carbocycles. The molecular formula is C13H14O3S. The molecule has 1 aromatic carbocycles. The molecule has 0 aliphatic rings. The Labute approximate surface area is 105 Å². The number of ether oxygens (including phenoxy) is 1. The molecule has 0 atom stereocenters. The van der Waals surface area contributed by atoms with E-state index in [-0.39, 0.29) is 5.97 Å². The summed E-state index contributed by atoms with van der Waals surface area (Å²) in [6.45, 7) is 2.08. The van der Waals surface area contributed by atoms with Crippen molar-refractivity contribution in [3.63, 3.8) is 0 Å². The number of esters is 1. The van der Waals surface area contributed by atoms with Crippen molar-refractivity contribution in [2.24, 2.45) is 0 Å². The van der Waals surface area contributed by atoms with Crippen molar-refractivity contribution < 1.29 is 14.6 Å². The third-order valence-electron chi connectivity index (χ3n) is 1.78. The third-order valence-corrected chi connectivity index (χ3v) is 2.81. The first-order valence-corrected chi connectivity index (χ1v) is 6.00. The number of rotatable bonds is 5. The fraction of sp³-hybridized carbons (Fsp3) is 0.154. The number of allylic oxidation sites excluding steroid dienone is 2. The molecule has 0 heterocycles. The first kappa shape index (κ1) is 13.4. The van der Waals surface area contributed by atoms with Crippen LogP contribution in [-0.2, 0) is 9.53 Å². The third kappa shape index (κ3) is 4.78. The molecule has 17 heavy (non-hydrogen) atoms. The van der Waals surface area contributed by atoms with Crippen molar-refractivity contribution in [1.82, 2.24) is 0 Å². The van der Waals surface area contributed by atoms with Crippen LogP contribution >= 0.6 is 11.8 Å². The minimum Gasteiger partial charge on any atom is -0.516 e. The fourth-order valence-corrected chi connectivity index (χ4v) is 1.93. The first-order valence-electron chi connectivity index (χ1n) is 5.19. The summed E-state index contributed by atoms with van der Waals surface area (Å²) in [6, 6.07) is 9.51. The summed E-state index contributed by atoms with van der Waals surface area (Å²) in [4.78, 5) is 13.0. The zero-order valence-corrected chi connectivity index (χ0v) is 10.3. The second kappa shape index (κ2) is 7.57. The number of hydrogen-bond donors (Lipinski definition) is 1. The number of aliphatic hydroxyl groups is 1. The highest BCUT2D eigenvalue weighted by atomic mass is 32.2. The van der Waals surface area contributed by atoms with Crippen LogP contribution in [0.1, 0.15) is 6.92 Å². The summed E-state index contributed by atoms with van der Waals surface area (Å²) in [5.74, 6) is -0.389. The second-order valence-corrected chi connectivity index (χ2v) is 4.12. The van der Waals surface area contributed by atoms with Gasteiger partial charge in [-0.25, -0.2) is 4.79 Å². The van der Waals surface area contributed by atoms with Crippen molar-refractivity contribution >= 4 is 17.7 Å². The predicted molar refractivity (Wildman–Crippen MR) is 68.8 cm³/mol. The average molecular weight is 250 g/mol. The van der Waals surface area contributed by atoms with Gasteiger partial charge < -0.3 is 9.84 Å². The lowest BCUT2D eigenvalue weighted by Crippen LogP contribution is -2.05. The Morgan fingerprint density at radius 2 is 2.12 bits per heavy atom. The van der Waals surface area contributed by atoms with Crippen LogP contribution in [0.25, 0.3) is 0 Å². The largest absolute Gasteiger partial charge is 0.516 e. The zero-order chi connectivity index (χ0) is 12.5. The molecule has 0 saturated heterocycles. The Morgan fingerprint density at radius 1 is 1.41 bits per heavy atom. The summed E-state index contributed by atoms with van der Waals surface area (Å²) in [5, 5.41) is 8.61. The standard InChI is InChI=1S/C13H14O3S/c1-2-16-13(15)12(9-6-10-14)17-11-7-4-3-5-8-11/h3-10,14H,2H2,1H3/b10-6+,12-9-. The molecule has 4 heteroatoms. The molecule has 0 fully saturated rings. The maximum atomic E-state index is 11.6. The van der Waals surface area contributed by atoms with E-state index >= 15 is 0 Å². The smallest absolute Gasteiger partial charge is 0.344 e. The highest BCUT2D eigenvalue weighted by Crippen LogP contribution is 2.27. The van der Waals surface area contributed by atoms with Gasteiger partial charge in [0.25, 0.3) is 0 Å². The van der Waals surface area contributed by atoms with Crippen LogP contribution in [-0.4, -0.2) is 17.7 Å². The predicted octanol–water partition coefficient (Wildman–Crippen LogP) is 3.30. The fourth-order valence-electron chi connectivity index (χ4n) is 1.09. The number of aliphatic hydroxyl groups excluding tert-OH is 1. The van der Waals surface area contributed by atoms with Crippen LogP contribution in [0.15, 0.2) is 58.5 Å². The number of carbonyl (C=O) groups is 1. The molecule has 1 rings (SSSR count). The molecule has 0 bridgehead atoms. The maximum absolute atomic E-state index is 11.6. The van der Waals surface area contributed by atoms with Gasteiger partial charge in [-0.1, -0.05) is 30.0 Å². The maximum Gasteiger partial charge on any atom is 0.344 e. The summed E-state index contributed by atoms with van der Waals surface area (Å²) in [5.41, 5.74) is 0. The molecular weight excluding hydrogens is 236 g/mol. The van der Waals surface area contributed by atoms with E-state index in [9.17, 15) is 4.79 Å². The first-order chi connectivity index (χ1) is 8.27. The summed E-state index contributed by atoms with van der Waals surface area (Å²) in [7, 11) is 0. The van der Waals surface area contributed by atoms with Gasteiger partial charge in [-0.15, -0.1) is 0 Å². The van der Waals surface area contributed by atoms with Crippen LogP contribution in [0.4, 0.5) is 0 Å². The number of thioether (sulfide) groups is 1. The Bertz CT molecular complexity index is 410. The van der Waals surface area contributed by atoms with Crippen LogP contribution in [0, 0.1) is 0 Å². The minimum atomic E-state index is -0.389. The van der Waals surface area contributed by atoms with Crippen LogP contribution in [0.3, 0.4) is 0 Å². The van der Waals surface area contributed by atoms with Crippen LogP contribution in [0.5, 0.6) is 0 Å². The molecule has 0 aliphatic heterocycles. The van der Waals surface area contributed by atoms with Crippen LogP contribution in [0.2, 0.25) is 0 Å². The Kier molecular flexibility index (Phi) is 5.96. The molecule has 0 radical (unpaired) electrons. The molecule has 0 unspecified atom stereocenters. The quantitative estimate of drug-likeness (QED) is 0.286. The summed E-state index contributed by atoms with van der Waals surface area (Å²) >= 11 is 1.30. The lowest BCUT2D eigenvalue weighted by atomic mass is 10.4. The molecule has 3 nitrogen and oxygen atoms in total. The number of benzene rings is 1. The van der Waals surface area contributed by atoms with Crippen molar-refractivity contribution in [2.45, 2.75) is 11.8 Å². The van der Waals surface area contributed by atoms with E-state index in [1.807, 2.05) is 30.3 Å². The highest BCUT2D eigenvalue weighted by molar-refractivity contribution is 8.04.